The monoisotopic (exact) mass is 301 g/mol. The first-order valence-electron chi connectivity index (χ1n) is 6.95. The second-order valence-corrected chi connectivity index (χ2v) is 6.14. The van der Waals surface area contributed by atoms with Crippen molar-refractivity contribution in [1.82, 2.24) is 4.90 Å². The maximum Gasteiger partial charge on any atom is 0.247 e. The molecule has 2 heterocycles. The average Bonchev–Trinajstić information content (AvgIpc) is 2.96. The summed E-state index contributed by atoms with van der Waals surface area (Å²) in [5.41, 5.74) is 2.08. The van der Waals surface area contributed by atoms with E-state index >= 15 is 0 Å². The van der Waals surface area contributed by atoms with Gasteiger partial charge in [-0.05, 0) is 54.1 Å². The van der Waals surface area contributed by atoms with Crippen molar-refractivity contribution in [3.05, 3.63) is 63.6 Å². The Balaban J connectivity index is 1.73. The summed E-state index contributed by atoms with van der Waals surface area (Å²) in [4.78, 5) is 15.6. The molecule has 0 unspecified atom stereocenters. The van der Waals surface area contributed by atoms with Gasteiger partial charge in [-0.1, -0.05) is 12.1 Å². The number of carbonyl (C=O) groups excluding carboxylic acids is 1. The minimum absolute atomic E-state index is 0.00340. The molecule has 0 aliphatic carbocycles. The molecule has 0 saturated heterocycles. The van der Waals surface area contributed by atoms with Crippen LogP contribution >= 0.6 is 11.3 Å². The third-order valence-corrected chi connectivity index (χ3v) is 4.85. The summed E-state index contributed by atoms with van der Waals surface area (Å²) in [5.74, 6) is -0.267. The third-order valence-electron chi connectivity index (χ3n) is 3.85. The van der Waals surface area contributed by atoms with Gasteiger partial charge in [0, 0.05) is 17.5 Å². The highest BCUT2D eigenvalue weighted by Crippen LogP contribution is 2.32. The van der Waals surface area contributed by atoms with Gasteiger partial charge in [0.05, 0.1) is 6.04 Å². The highest BCUT2D eigenvalue weighted by molar-refractivity contribution is 7.10. The van der Waals surface area contributed by atoms with Crippen molar-refractivity contribution in [2.24, 2.45) is 0 Å². The number of fused-ring (bicyclic) bond motifs is 1. The van der Waals surface area contributed by atoms with Crippen LogP contribution in [-0.4, -0.2) is 17.4 Å². The number of hydrogen-bond donors (Lipinski definition) is 0. The van der Waals surface area contributed by atoms with E-state index in [1.54, 1.807) is 35.6 Å². The van der Waals surface area contributed by atoms with Gasteiger partial charge in [-0.3, -0.25) is 4.79 Å². The van der Waals surface area contributed by atoms with Crippen LogP contribution in [0, 0.1) is 5.82 Å². The molecule has 1 aromatic heterocycles. The molecule has 0 saturated carbocycles. The zero-order valence-electron chi connectivity index (χ0n) is 11.8. The Morgan fingerprint density at radius 3 is 2.86 bits per heavy atom. The summed E-state index contributed by atoms with van der Waals surface area (Å²) >= 11 is 1.76. The molecule has 0 bridgehead atoms. The van der Waals surface area contributed by atoms with Gasteiger partial charge in [0.1, 0.15) is 5.82 Å². The first-order valence-corrected chi connectivity index (χ1v) is 7.83. The fraction of sp³-hybridized carbons (Fsp3) is 0.235. The minimum Gasteiger partial charge on any atom is -0.332 e. The molecule has 1 atom stereocenters. The van der Waals surface area contributed by atoms with E-state index in [4.69, 9.17) is 0 Å². The van der Waals surface area contributed by atoms with Crippen LogP contribution in [0.1, 0.15) is 29.0 Å². The van der Waals surface area contributed by atoms with Crippen molar-refractivity contribution in [1.29, 1.82) is 0 Å². The molecule has 0 spiro atoms. The lowest BCUT2D eigenvalue weighted by molar-refractivity contribution is -0.128. The normalized spacial score (nSPS) is 18.0. The number of amides is 1. The summed E-state index contributed by atoms with van der Waals surface area (Å²) < 4.78 is 12.8. The van der Waals surface area contributed by atoms with Gasteiger partial charge in [-0.25, -0.2) is 4.39 Å². The highest BCUT2D eigenvalue weighted by atomic mass is 32.1. The van der Waals surface area contributed by atoms with E-state index in [1.807, 2.05) is 4.90 Å². The fourth-order valence-corrected chi connectivity index (χ4v) is 3.61. The van der Waals surface area contributed by atoms with Crippen LogP contribution in [0.15, 0.2) is 41.8 Å². The smallest absolute Gasteiger partial charge is 0.247 e. The molecule has 3 rings (SSSR count). The van der Waals surface area contributed by atoms with Crippen molar-refractivity contribution in [2.75, 3.05) is 6.54 Å². The maximum atomic E-state index is 12.8. The Morgan fingerprint density at radius 1 is 1.33 bits per heavy atom. The Bertz CT molecular complexity index is 674. The number of benzene rings is 1. The molecule has 2 aromatic rings. The van der Waals surface area contributed by atoms with Gasteiger partial charge < -0.3 is 4.90 Å². The van der Waals surface area contributed by atoms with Gasteiger partial charge >= 0.3 is 0 Å². The standard InChI is InChI=1S/C17H16FNOS/c1-12-15-9-11-21-16(15)8-10-19(12)17(20)7-4-13-2-5-14(18)6-3-13/h2-7,9,11-12H,8,10H2,1H3/b7-4+/t12-/m0/s1. The number of hydrogen-bond acceptors (Lipinski definition) is 2. The predicted molar refractivity (Wildman–Crippen MR) is 83.6 cm³/mol. The summed E-state index contributed by atoms with van der Waals surface area (Å²) in [6, 6.07) is 8.33. The Kier molecular flexibility index (Phi) is 3.88. The summed E-state index contributed by atoms with van der Waals surface area (Å²) in [6.45, 7) is 2.82. The SMILES string of the molecule is C[C@H]1c2ccsc2CCN1C(=O)/C=C/c1ccc(F)cc1. The summed E-state index contributed by atoms with van der Waals surface area (Å²) in [6.07, 6.45) is 4.23. The van der Waals surface area contributed by atoms with Crippen LogP contribution in [0.5, 0.6) is 0 Å². The molecule has 0 fully saturated rings. The summed E-state index contributed by atoms with van der Waals surface area (Å²) in [5, 5.41) is 2.09. The van der Waals surface area contributed by atoms with Crippen LogP contribution in [0.3, 0.4) is 0 Å². The molecular weight excluding hydrogens is 285 g/mol. The van der Waals surface area contributed by atoms with Crippen molar-refractivity contribution >= 4 is 23.3 Å². The molecule has 21 heavy (non-hydrogen) atoms. The van der Waals surface area contributed by atoms with Gasteiger partial charge in [0.15, 0.2) is 0 Å². The Hall–Kier alpha value is -1.94. The second-order valence-electron chi connectivity index (χ2n) is 5.14. The molecule has 1 amide bonds. The predicted octanol–water partition coefficient (Wildman–Crippen LogP) is 4.05. The molecule has 1 aliphatic heterocycles. The maximum absolute atomic E-state index is 12.8. The number of rotatable bonds is 2. The van der Waals surface area contributed by atoms with E-state index in [2.05, 4.69) is 18.4 Å². The molecular formula is C17H16FNOS. The van der Waals surface area contributed by atoms with E-state index < -0.39 is 0 Å². The van der Waals surface area contributed by atoms with E-state index in [-0.39, 0.29) is 17.8 Å². The zero-order valence-corrected chi connectivity index (χ0v) is 12.6. The van der Waals surface area contributed by atoms with Crippen molar-refractivity contribution < 1.29 is 9.18 Å². The molecule has 2 nitrogen and oxygen atoms in total. The van der Waals surface area contributed by atoms with Gasteiger partial charge in [0.25, 0.3) is 0 Å². The lowest BCUT2D eigenvalue weighted by atomic mass is 10.0. The summed E-state index contributed by atoms with van der Waals surface area (Å²) in [7, 11) is 0. The van der Waals surface area contributed by atoms with E-state index in [9.17, 15) is 9.18 Å². The lowest BCUT2D eigenvalue weighted by Crippen LogP contribution is -2.37. The number of nitrogens with zero attached hydrogens (tertiary/aromatic N) is 1. The minimum atomic E-state index is -0.270. The number of halogens is 1. The molecule has 108 valence electrons. The molecule has 0 radical (unpaired) electrons. The van der Waals surface area contributed by atoms with Crippen molar-refractivity contribution in [2.45, 2.75) is 19.4 Å². The topological polar surface area (TPSA) is 20.3 Å². The highest BCUT2D eigenvalue weighted by Gasteiger charge is 2.26. The lowest BCUT2D eigenvalue weighted by Gasteiger charge is -2.32. The van der Waals surface area contributed by atoms with Crippen LogP contribution < -0.4 is 0 Å². The Labute approximate surface area is 127 Å². The molecule has 1 aliphatic rings. The second kappa shape index (κ2) is 5.82. The number of carbonyl (C=O) groups is 1. The average molecular weight is 301 g/mol. The van der Waals surface area contributed by atoms with Crippen LogP contribution in [0.25, 0.3) is 6.08 Å². The fourth-order valence-electron chi connectivity index (χ4n) is 2.65. The zero-order chi connectivity index (χ0) is 14.8. The van der Waals surface area contributed by atoms with E-state index in [0.29, 0.717) is 0 Å². The largest absolute Gasteiger partial charge is 0.332 e. The van der Waals surface area contributed by atoms with Crippen LogP contribution in [-0.2, 0) is 11.2 Å². The quantitative estimate of drug-likeness (QED) is 0.766. The molecule has 4 heteroatoms. The van der Waals surface area contributed by atoms with Gasteiger partial charge in [-0.15, -0.1) is 11.3 Å². The third kappa shape index (κ3) is 2.90. The van der Waals surface area contributed by atoms with Crippen LogP contribution in [0.4, 0.5) is 4.39 Å². The van der Waals surface area contributed by atoms with E-state index in [0.717, 1.165) is 18.5 Å². The van der Waals surface area contributed by atoms with E-state index in [1.165, 1.54) is 22.6 Å². The van der Waals surface area contributed by atoms with Crippen molar-refractivity contribution in [3.63, 3.8) is 0 Å². The van der Waals surface area contributed by atoms with Crippen molar-refractivity contribution in [3.8, 4) is 0 Å². The number of thiophene rings is 1. The van der Waals surface area contributed by atoms with Crippen LogP contribution in [0.2, 0.25) is 0 Å². The Morgan fingerprint density at radius 2 is 2.10 bits per heavy atom. The first kappa shape index (κ1) is 14.0. The molecule has 1 aromatic carbocycles. The first-order chi connectivity index (χ1) is 10.1. The molecule has 0 N–H and O–H groups in total. The van der Waals surface area contributed by atoms with Gasteiger partial charge in [-0.2, -0.15) is 0 Å². The van der Waals surface area contributed by atoms with Gasteiger partial charge in [0.2, 0.25) is 5.91 Å².